The van der Waals surface area contributed by atoms with Gasteiger partial charge in [-0.25, -0.2) is 0 Å². The van der Waals surface area contributed by atoms with E-state index in [4.69, 9.17) is 0 Å². The van der Waals surface area contributed by atoms with Crippen molar-refractivity contribution in [1.82, 2.24) is 15.2 Å². The molecule has 24 heavy (non-hydrogen) atoms. The molecule has 1 saturated heterocycles. The molecule has 1 aromatic heterocycles. The summed E-state index contributed by atoms with van der Waals surface area (Å²) in [4.78, 5) is 20.9. The lowest BCUT2D eigenvalue weighted by atomic mass is 10.1. The molecule has 0 spiro atoms. The molecule has 5 nitrogen and oxygen atoms in total. The fraction of sp³-hybridized carbons (Fsp3) is 0.368. The van der Waals surface area contributed by atoms with E-state index in [9.17, 15) is 4.79 Å². The van der Waals surface area contributed by atoms with E-state index in [1.54, 1.807) is 24.5 Å². The SMILES string of the molecule is CC(NC(=O)c1cccnc1)c1ccc(N2CCN(C)CC2)cc1. The van der Waals surface area contributed by atoms with Crippen molar-refractivity contribution in [1.29, 1.82) is 0 Å². The van der Waals surface area contributed by atoms with Crippen molar-refractivity contribution in [3.05, 3.63) is 59.9 Å². The zero-order valence-electron chi connectivity index (χ0n) is 14.3. The molecule has 2 aromatic rings. The first-order valence-corrected chi connectivity index (χ1v) is 8.38. The Kier molecular flexibility index (Phi) is 5.11. The molecule has 1 aromatic carbocycles. The Labute approximate surface area is 143 Å². The molecule has 5 heteroatoms. The average Bonchev–Trinajstić information content (AvgIpc) is 2.63. The summed E-state index contributed by atoms with van der Waals surface area (Å²) in [6.07, 6.45) is 3.25. The summed E-state index contributed by atoms with van der Waals surface area (Å²) in [5.41, 5.74) is 2.93. The number of hydrogen-bond donors (Lipinski definition) is 1. The molecule has 3 rings (SSSR count). The summed E-state index contributed by atoms with van der Waals surface area (Å²) < 4.78 is 0. The van der Waals surface area contributed by atoms with Crippen LogP contribution in [0.2, 0.25) is 0 Å². The molecule has 126 valence electrons. The van der Waals surface area contributed by atoms with E-state index in [-0.39, 0.29) is 11.9 Å². The van der Waals surface area contributed by atoms with Gasteiger partial charge in [-0.05, 0) is 43.8 Å². The number of anilines is 1. The van der Waals surface area contributed by atoms with E-state index in [0.29, 0.717) is 5.56 Å². The summed E-state index contributed by atoms with van der Waals surface area (Å²) in [5, 5.41) is 3.02. The summed E-state index contributed by atoms with van der Waals surface area (Å²) in [6, 6.07) is 12.0. The van der Waals surface area contributed by atoms with Crippen LogP contribution in [0.3, 0.4) is 0 Å². The third-order valence-corrected chi connectivity index (χ3v) is 4.53. The maximum absolute atomic E-state index is 12.2. The molecule has 0 bridgehead atoms. The van der Waals surface area contributed by atoms with Crippen LogP contribution in [0.15, 0.2) is 48.8 Å². The molecule has 1 fully saturated rings. The number of amides is 1. The molecule has 1 N–H and O–H groups in total. The maximum Gasteiger partial charge on any atom is 0.253 e. The molecule has 0 saturated carbocycles. The van der Waals surface area contributed by atoms with Crippen LogP contribution in [0.4, 0.5) is 5.69 Å². The molecular formula is C19H24N4O. The van der Waals surface area contributed by atoms with Gasteiger partial charge in [0.2, 0.25) is 0 Å². The molecule has 0 radical (unpaired) electrons. The summed E-state index contributed by atoms with van der Waals surface area (Å²) in [7, 11) is 2.16. The Morgan fingerprint density at radius 1 is 1.12 bits per heavy atom. The predicted octanol–water partition coefficient (Wildman–Crippen LogP) is 2.32. The summed E-state index contributed by atoms with van der Waals surface area (Å²) in [5.74, 6) is -0.0984. The highest BCUT2D eigenvalue weighted by Crippen LogP contribution is 2.20. The maximum atomic E-state index is 12.2. The van der Waals surface area contributed by atoms with E-state index in [0.717, 1.165) is 31.7 Å². The number of rotatable bonds is 4. The Bertz CT molecular complexity index is 664. The second-order valence-electron chi connectivity index (χ2n) is 6.32. The average molecular weight is 324 g/mol. The van der Waals surface area contributed by atoms with Gasteiger partial charge in [-0.3, -0.25) is 9.78 Å². The Morgan fingerprint density at radius 2 is 1.83 bits per heavy atom. The van der Waals surface area contributed by atoms with Crippen molar-refractivity contribution in [3.63, 3.8) is 0 Å². The first-order chi connectivity index (χ1) is 11.6. The quantitative estimate of drug-likeness (QED) is 0.938. The molecule has 2 heterocycles. The Morgan fingerprint density at radius 3 is 2.46 bits per heavy atom. The molecule has 1 atom stereocenters. The number of likely N-dealkylation sites (N-methyl/N-ethyl adjacent to an activating group) is 1. The van der Waals surface area contributed by atoms with Crippen molar-refractivity contribution in [3.8, 4) is 0 Å². The van der Waals surface area contributed by atoms with Crippen LogP contribution in [0.5, 0.6) is 0 Å². The first kappa shape index (κ1) is 16.5. The molecule has 1 aliphatic heterocycles. The van der Waals surface area contributed by atoms with Gasteiger partial charge in [0.1, 0.15) is 0 Å². The smallest absolute Gasteiger partial charge is 0.253 e. The molecule has 1 aliphatic rings. The summed E-state index contributed by atoms with van der Waals surface area (Å²) in [6.45, 7) is 6.31. The Balaban J connectivity index is 1.61. The zero-order valence-corrected chi connectivity index (χ0v) is 14.3. The number of hydrogen-bond acceptors (Lipinski definition) is 4. The first-order valence-electron chi connectivity index (χ1n) is 8.38. The van der Waals surface area contributed by atoms with Crippen molar-refractivity contribution in [2.75, 3.05) is 38.1 Å². The number of aromatic nitrogens is 1. The lowest BCUT2D eigenvalue weighted by Crippen LogP contribution is -2.44. The largest absolute Gasteiger partial charge is 0.369 e. The van der Waals surface area contributed by atoms with E-state index in [1.807, 2.05) is 6.92 Å². The van der Waals surface area contributed by atoms with Crippen LogP contribution in [-0.2, 0) is 0 Å². The van der Waals surface area contributed by atoms with Crippen molar-refractivity contribution in [2.24, 2.45) is 0 Å². The Hall–Kier alpha value is -2.40. The molecule has 1 unspecified atom stereocenters. The van der Waals surface area contributed by atoms with Gasteiger partial charge in [0.05, 0.1) is 11.6 Å². The van der Waals surface area contributed by atoms with Gasteiger partial charge < -0.3 is 15.1 Å². The lowest BCUT2D eigenvalue weighted by molar-refractivity contribution is 0.0939. The van der Waals surface area contributed by atoms with Gasteiger partial charge in [-0.2, -0.15) is 0 Å². The van der Waals surface area contributed by atoms with Gasteiger partial charge in [0, 0.05) is 44.3 Å². The fourth-order valence-electron chi connectivity index (χ4n) is 2.90. The third-order valence-electron chi connectivity index (χ3n) is 4.53. The topological polar surface area (TPSA) is 48.5 Å². The minimum Gasteiger partial charge on any atom is -0.369 e. The van der Waals surface area contributed by atoms with Crippen LogP contribution in [0, 0.1) is 0 Å². The number of piperazine rings is 1. The number of nitrogens with zero attached hydrogens (tertiary/aromatic N) is 3. The van der Waals surface area contributed by atoms with E-state index in [2.05, 4.69) is 51.4 Å². The fourth-order valence-corrected chi connectivity index (χ4v) is 2.90. The molecule has 0 aliphatic carbocycles. The second kappa shape index (κ2) is 7.45. The van der Waals surface area contributed by atoms with Crippen LogP contribution >= 0.6 is 0 Å². The number of carbonyl (C=O) groups is 1. The van der Waals surface area contributed by atoms with Gasteiger partial charge in [0.25, 0.3) is 5.91 Å². The van der Waals surface area contributed by atoms with Crippen LogP contribution in [0.1, 0.15) is 28.9 Å². The predicted molar refractivity (Wildman–Crippen MR) is 96.3 cm³/mol. The van der Waals surface area contributed by atoms with E-state index >= 15 is 0 Å². The highest BCUT2D eigenvalue weighted by atomic mass is 16.1. The summed E-state index contributed by atoms with van der Waals surface area (Å²) >= 11 is 0. The van der Waals surface area contributed by atoms with Crippen LogP contribution < -0.4 is 10.2 Å². The number of benzene rings is 1. The van der Waals surface area contributed by atoms with Crippen molar-refractivity contribution < 1.29 is 4.79 Å². The van der Waals surface area contributed by atoms with Crippen molar-refractivity contribution >= 4 is 11.6 Å². The number of nitrogens with one attached hydrogen (secondary N) is 1. The van der Waals surface area contributed by atoms with Crippen molar-refractivity contribution in [2.45, 2.75) is 13.0 Å². The van der Waals surface area contributed by atoms with Crippen LogP contribution in [-0.4, -0.2) is 49.0 Å². The minimum absolute atomic E-state index is 0.0424. The monoisotopic (exact) mass is 324 g/mol. The van der Waals surface area contributed by atoms with Gasteiger partial charge >= 0.3 is 0 Å². The number of carbonyl (C=O) groups excluding carboxylic acids is 1. The van der Waals surface area contributed by atoms with Crippen LogP contribution in [0.25, 0.3) is 0 Å². The second-order valence-corrected chi connectivity index (χ2v) is 6.32. The highest BCUT2D eigenvalue weighted by molar-refractivity contribution is 5.94. The third kappa shape index (κ3) is 3.92. The van der Waals surface area contributed by atoms with E-state index in [1.165, 1.54) is 5.69 Å². The van der Waals surface area contributed by atoms with Gasteiger partial charge in [-0.1, -0.05) is 12.1 Å². The van der Waals surface area contributed by atoms with E-state index < -0.39 is 0 Å². The highest BCUT2D eigenvalue weighted by Gasteiger charge is 2.15. The molecular weight excluding hydrogens is 300 g/mol. The normalized spacial score (nSPS) is 16.7. The standard InChI is InChI=1S/C19H24N4O/c1-15(21-19(24)17-4-3-9-20-14-17)16-5-7-18(8-6-16)23-12-10-22(2)11-13-23/h3-9,14-15H,10-13H2,1-2H3,(H,21,24). The van der Waals surface area contributed by atoms with Gasteiger partial charge in [0.15, 0.2) is 0 Å². The molecule has 1 amide bonds. The zero-order chi connectivity index (χ0) is 16.9. The lowest BCUT2D eigenvalue weighted by Gasteiger charge is -2.34. The minimum atomic E-state index is -0.0984. The number of pyridine rings is 1. The van der Waals surface area contributed by atoms with Gasteiger partial charge in [-0.15, -0.1) is 0 Å².